The molecule has 6 heteroatoms. The topological polar surface area (TPSA) is 64.6 Å². The number of halogens is 1. The van der Waals surface area contributed by atoms with E-state index in [2.05, 4.69) is 5.32 Å². The van der Waals surface area contributed by atoms with E-state index < -0.39 is 23.7 Å². The Hall–Kier alpha value is -1.85. The highest BCUT2D eigenvalue weighted by atomic mass is 19.1. The molecule has 5 nitrogen and oxygen atoms in total. The number of alkyl carbamates (subject to hydrolysis) is 1. The Morgan fingerprint density at radius 2 is 1.77 bits per heavy atom. The van der Waals surface area contributed by atoms with E-state index in [0.29, 0.717) is 18.8 Å². The lowest BCUT2D eigenvalue weighted by Crippen LogP contribution is -2.44. The molecular weight excluding hydrogens is 385 g/mol. The van der Waals surface area contributed by atoms with Crippen molar-refractivity contribution >= 4 is 12.1 Å². The number of carbonyl (C=O) groups is 2. The number of hydrogen-bond donors (Lipinski definition) is 1. The number of amides is 1. The van der Waals surface area contributed by atoms with Crippen molar-refractivity contribution in [3.63, 3.8) is 0 Å². The van der Waals surface area contributed by atoms with Crippen LogP contribution in [0, 0.1) is 11.8 Å². The first-order valence-electron chi connectivity index (χ1n) is 11.2. The third kappa shape index (κ3) is 7.13. The monoisotopic (exact) mass is 423 g/mol. The van der Waals surface area contributed by atoms with Crippen LogP contribution in [0.1, 0.15) is 86.5 Å². The normalized spacial score (nSPS) is 21.4. The Labute approximate surface area is 180 Å². The molecule has 0 aromatic rings. The number of ether oxygens (including phenoxy) is 2. The molecule has 0 spiro atoms. The molecule has 0 heterocycles. The van der Waals surface area contributed by atoms with Crippen LogP contribution in [-0.2, 0) is 14.3 Å². The predicted octanol–water partition coefficient (Wildman–Crippen LogP) is 5.99. The van der Waals surface area contributed by atoms with Gasteiger partial charge in [0.1, 0.15) is 23.6 Å². The van der Waals surface area contributed by atoms with Crippen LogP contribution in [0.15, 0.2) is 23.0 Å². The van der Waals surface area contributed by atoms with Crippen LogP contribution >= 0.6 is 0 Å². The highest BCUT2D eigenvalue weighted by molar-refractivity contribution is 5.81. The largest absolute Gasteiger partial charge is 0.461 e. The van der Waals surface area contributed by atoms with Crippen molar-refractivity contribution < 1.29 is 23.5 Å². The predicted molar refractivity (Wildman–Crippen MR) is 116 cm³/mol. The smallest absolute Gasteiger partial charge is 0.408 e. The maximum atomic E-state index is 13.8. The maximum absolute atomic E-state index is 13.8. The molecule has 0 unspecified atom stereocenters. The molecule has 0 saturated heterocycles. The zero-order chi connectivity index (χ0) is 22.5. The first kappa shape index (κ1) is 24.4. The van der Waals surface area contributed by atoms with E-state index in [0.717, 1.165) is 18.4 Å². The molecule has 0 aliphatic heterocycles. The van der Waals surface area contributed by atoms with Gasteiger partial charge in [-0.3, -0.25) is 0 Å². The third-order valence-electron chi connectivity index (χ3n) is 5.97. The summed E-state index contributed by atoms with van der Waals surface area (Å²) in [4.78, 5) is 24.6. The van der Waals surface area contributed by atoms with Crippen molar-refractivity contribution in [1.82, 2.24) is 5.32 Å². The van der Waals surface area contributed by atoms with Crippen LogP contribution in [0.5, 0.6) is 0 Å². The minimum absolute atomic E-state index is 0.0762. The van der Waals surface area contributed by atoms with Gasteiger partial charge in [-0.05, 0) is 78.4 Å². The van der Waals surface area contributed by atoms with Gasteiger partial charge in [-0.1, -0.05) is 24.8 Å². The van der Waals surface area contributed by atoms with Gasteiger partial charge in [-0.2, -0.15) is 0 Å². The first-order valence-corrected chi connectivity index (χ1v) is 11.2. The fourth-order valence-corrected chi connectivity index (χ4v) is 4.63. The van der Waals surface area contributed by atoms with Gasteiger partial charge in [0, 0.05) is 12.3 Å². The van der Waals surface area contributed by atoms with Gasteiger partial charge >= 0.3 is 12.1 Å². The van der Waals surface area contributed by atoms with Gasteiger partial charge in [0.2, 0.25) is 0 Å². The van der Waals surface area contributed by atoms with Crippen molar-refractivity contribution in [3.05, 3.63) is 23.0 Å². The summed E-state index contributed by atoms with van der Waals surface area (Å²) in [6.07, 6.45) is 7.50. The van der Waals surface area contributed by atoms with Crippen molar-refractivity contribution in [2.24, 2.45) is 11.8 Å². The highest BCUT2D eigenvalue weighted by Gasteiger charge is 2.35. The molecule has 30 heavy (non-hydrogen) atoms. The van der Waals surface area contributed by atoms with Gasteiger partial charge in [0.15, 0.2) is 0 Å². The number of nitrogens with one attached hydrogen (secondary N) is 1. The average molecular weight is 424 g/mol. The molecule has 1 fully saturated rings. The van der Waals surface area contributed by atoms with Crippen LogP contribution in [0.4, 0.5) is 9.18 Å². The molecule has 0 bridgehead atoms. The van der Waals surface area contributed by atoms with E-state index in [4.69, 9.17) is 9.47 Å². The fraction of sp³-hybridized carbons (Fsp3) is 0.750. The lowest BCUT2D eigenvalue weighted by molar-refractivity contribution is -0.153. The summed E-state index contributed by atoms with van der Waals surface area (Å²) >= 11 is 0. The van der Waals surface area contributed by atoms with Crippen LogP contribution in [-0.4, -0.2) is 29.8 Å². The second-order valence-electron chi connectivity index (χ2n) is 9.73. The van der Waals surface area contributed by atoms with E-state index in [1.54, 1.807) is 33.8 Å². The summed E-state index contributed by atoms with van der Waals surface area (Å²) < 4.78 is 24.8. The Morgan fingerprint density at radius 3 is 2.33 bits per heavy atom. The molecule has 3 atom stereocenters. The van der Waals surface area contributed by atoms with Gasteiger partial charge < -0.3 is 14.8 Å². The van der Waals surface area contributed by atoms with E-state index in [-0.39, 0.29) is 17.8 Å². The van der Waals surface area contributed by atoms with Crippen molar-refractivity contribution in [2.45, 2.75) is 104 Å². The number of carbonyl (C=O) groups excluding carboxylic acids is 2. The summed E-state index contributed by atoms with van der Waals surface area (Å²) in [7, 11) is 0. The van der Waals surface area contributed by atoms with Crippen LogP contribution < -0.4 is 5.32 Å². The van der Waals surface area contributed by atoms with Gasteiger partial charge in [0.25, 0.3) is 0 Å². The molecule has 1 N–H and O–H groups in total. The van der Waals surface area contributed by atoms with E-state index in [1.807, 2.05) is 13.8 Å². The molecule has 2 aliphatic carbocycles. The molecule has 1 amide bonds. The van der Waals surface area contributed by atoms with Crippen molar-refractivity contribution in [3.8, 4) is 0 Å². The third-order valence-corrected chi connectivity index (χ3v) is 5.97. The van der Waals surface area contributed by atoms with Gasteiger partial charge in [-0.15, -0.1) is 0 Å². The Kier molecular flexibility index (Phi) is 8.51. The van der Waals surface area contributed by atoms with Crippen LogP contribution in [0.25, 0.3) is 0 Å². The van der Waals surface area contributed by atoms with Crippen LogP contribution in [0.2, 0.25) is 0 Å². The SMILES string of the molecule is CC1=C([C@@H](C2CCCCC2)[C@H](C)OC(=O)[C@H](C)NC(=O)OC(C)(C)C)CCC(F)=C1. The number of hydrogen-bond acceptors (Lipinski definition) is 4. The fourth-order valence-electron chi connectivity index (χ4n) is 4.63. The minimum Gasteiger partial charge on any atom is -0.461 e. The molecule has 0 aromatic carbocycles. The summed E-state index contributed by atoms with van der Waals surface area (Å²) in [5.41, 5.74) is 1.52. The molecule has 170 valence electrons. The molecule has 1 saturated carbocycles. The quantitative estimate of drug-likeness (QED) is 0.533. The maximum Gasteiger partial charge on any atom is 0.408 e. The second-order valence-corrected chi connectivity index (χ2v) is 9.73. The Balaban J connectivity index is 2.10. The molecule has 0 radical (unpaired) electrons. The second kappa shape index (κ2) is 10.5. The van der Waals surface area contributed by atoms with Gasteiger partial charge in [-0.25, -0.2) is 14.0 Å². The summed E-state index contributed by atoms with van der Waals surface area (Å²) in [5, 5.41) is 2.55. The molecule has 2 rings (SSSR count). The number of esters is 1. The first-order chi connectivity index (χ1) is 14.0. The van der Waals surface area contributed by atoms with Crippen molar-refractivity contribution in [1.29, 1.82) is 0 Å². The molecule has 2 aliphatic rings. The van der Waals surface area contributed by atoms with E-state index in [9.17, 15) is 14.0 Å². The van der Waals surface area contributed by atoms with Gasteiger partial charge in [0.05, 0.1) is 0 Å². The van der Waals surface area contributed by atoms with E-state index in [1.165, 1.54) is 24.8 Å². The highest BCUT2D eigenvalue weighted by Crippen LogP contribution is 2.41. The average Bonchev–Trinajstić information content (AvgIpc) is 2.63. The zero-order valence-corrected chi connectivity index (χ0v) is 19.3. The minimum atomic E-state index is -0.812. The summed E-state index contributed by atoms with van der Waals surface area (Å²) in [6, 6.07) is -0.812. The Bertz CT molecular complexity index is 686. The van der Waals surface area contributed by atoms with E-state index >= 15 is 0 Å². The molecule has 0 aromatic heterocycles. The number of rotatable bonds is 6. The molecular formula is C24H38FNO4. The lowest BCUT2D eigenvalue weighted by Gasteiger charge is -2.37. The van der Waals surface area contributed by atoms with Crippen molar-refractivity contribution in [2.75, 3.05) is 0 Å². The van der Waals surface area contributed by atoms with Crippen LogP contribution in [0.3, 0.4) is 0 Å². The summed E-state index contributed by atoms with van der Waals surface area (Å²) in [5.74, 6) is -0.0639. The zero-order valence-electron chi connectivity index (χ0n) is 19.3. The standard InChI is InChI=1S/C24H38FNO4/c1-15-14-19(25)12-13-20(15)21(18-10-8-7-9-11-18)17(3)29-22(27)16(2)26-23(28)30-24(4,5)6/h14,16-18,21H,7-13H2,1-6H3,(H,26,28)/t16-,17-,21+/m0/s1. The number of allylic oxidation sites excluding steroid dienone is 3. The lowest BCUT2D eigenvalue weighted by atomic mass is 9.71. The summed E-state index contributed by atoms with van der Waals surface area (Å²) in [6.45, 7) is 10.8. The Morgan fingerprint density at radius 1 is 1.13 bits per heavy atom.